The van der Waals surface area contributed by atoms with Crippen molar-refractivity contribution in [1.29, 1.82) is 0 Å². The molecule has 3 aliphatic rings. The lowest BCUT2D eigenvalue weighted by molar-refractivity contribution is 0.362. The molecule has 0 spiro atoms. The average molecular weight is 307 g/mol. The van der Waals surface area contributed by atoms with Crippen LogP contribution in [-0.2, 0) is 6.42 Å². The molecule has 0 saturated heterocycles. The average Bonchev–Trinajstić information content (AvgIpc) is 2.90. The van der Waals surface area contributed by atoms with Crippen molar-refractivity contribution in [2.45, 2.75) is 33.6 Å². The lowest BCUT2D eigenvalue weighted by Gasteiger charge is -2.34. The van der Waals surface area contributed by atoms with E-state index < -0.39 is 0 Å². The SMILES string of the molecule is Cc1c2c3ccccc3nc-2c2c(n1N)CC(C)(C)C/C2=N\N. The van der Waals surface area contributed by atoms with E-state index in [1.807, 2.05) is 18.2 Å². The zero-order valence-corrected chi connectivity index (χ0v) is 13.7. The van der Waals surface area contributed by atoms with Gasteiger partial charge in [0.05, 0.1) is 22.6 Å². The van der Waals surface area contributed by atoms with Gasteiger partial charge in [-0.2, -0.15) is 5.10 Å². The van der Waals surface area contributed by atoms with Crippen molar-refractivity contribution in [3.05, 3.63) is 41.2 Å². The Morgan fingerprint density at radius 1 is 1.17 bits per heavy atom. The van der Waals surface area contributed by atoms with Crippen LogP contribution in [0.4, 0.5) is 0 Å². The van der Waals surface area contributed by atoms with Crippen LogP contribution in [0.3, 0.4) is 0 Å². The van der Waals surface area contributed by atoms with E-state index in [4.69, 9.17) is 16.7 Å². The first kappa shape index (κ1) is 14.1. The number of pyridine rings is 1. The lowest BCUT2D eigenvalue weighted by Crippen LogP contribution is -2.35. The van der Waals surface area contributed by atoms with Crippen molar-refractivity contribution < 1.29 is 0 Å². The fourth-order valence-electron chi connectivity index (χ4n) is 3.86. The second kappa shape index (κ2) is 4.47. The molecule has 0 atom stereocenters. The largest absolute Gasteiger partial charge is 0.339 e. The Morgan fingerprint density at radius 3 is 2.65 bits per heavy atom. The van der Waals surface area contributed by atoms with E-state index in [1.165, 1.54) is 0 Å². The molecule has 0 fully saturated rings. The summed E-state index contributed by atoms with van der Waals surface area (Å²) in [4.78, 5) is 4.87. The van der Waals surface area contributed by atoms with Gasteiger partial charge in [0.2, 0.25) is 0 Å². The predicted molar refractivity (Wildman–Crippen MR) is 94.1 cm³/mol. The summed E-state index contributed by atoms with van der Waals surface area (Å²) in [7, 11) is 0. The first-order chi connectivity index (χ1) is 10.9. The first-order valence-corrected chi connectivity index (χ1v) is 7.88. The normalized spacial score (nSPS) is 18.7. The van der Waals surface area contributed by atoms with Crippen LogP contribution in [-0.4, -0.2) is 15.4 Å². The Kier molecular flexibility index (Phi) is 2.73. The number of nitrogens with zero attached hydrogens (tertiary/aromatic N) is 3. The number of nitrogen functional groups attached to an aromatic ring is 1. The quantitative estimate of drug-likeness (QED) is 0.495. The molecule has 0 bridgehead atoms. The van der Waals surface area contributed by atoms with Crippen LogP contribution in [0, 0.1) is 12.3 Å². The standard InChI is InChI=1S/C18H21N5/c1-10-15-11-6-4-5-7-12(11)21-17(15)16-13(22-19)8-18(2,3)9-14(16)23(10)20/h4-7H,8-9,19-20H2,1-3H3/b22-13+. The van der Waals surface area contributed by atoms with E-state index in [1.54, 1.807) is 4.68 Å². The van der Waals surface area contributed by atoms with Gasteiger partial charge in [0.1, 0.15) is 0 Å². The smallest absolute Gasteiger partial charge is 0.0844 e. The van der Waals surface area contributed by atoms with Crippen LogP contribution < -0.4 is 11.7 Å². The van der Waals surface area contributed by atoms with Crippen molar-refractivity contribution in [2.24, 2.45) is 16.4 Å². The number of nitrogens with two attached hydrogens (primary N) is 2. The fourth-order valence-corrected chi connectivity index (χ4v) is 3.86. The van der Waals surface area contributed by atoms with E-state index in [-0.39, 0.29) is 5.41 Å². The van der Waals surface area contributed by atoms with E-state index >= 15 is 0 Å². The molecule has 0 aromatic heterocycles. The molecule has 0 radical (unpaired) electrons. The summed E-state index contributed by atoms with van der Waals surface area (Å²) in [5.74, 6) is 12.2. The van der Waals surface area contributed by atoms with Crippen molar-refractivity contribution >= 4 is 16.6 Å². The molecular weight excluding hydrogens is 286 g/mol. The van der Waals surface area contributed by atoms with Gasteiger partial charge in [-0.15, -0.1) is 0 Å². The van der Waals surface area contributed by atoms with Crippen LogP contribution in [0.15, 0.2) is 29.4 Å². The molecule has 1 aromatic carbocycles. The molecule has 2 heterocycles. The maximum atomic E-state index is 6.45. The maximum absolute atomic E-state index is 6.45. The molecular formula is C18H21N5. The van der Waals surface area contributed by atoms with Crippen molar-refractivity contribution in [2.75, 3.05) is 5.84 Å². The zero-order chi connectivity index (χ0) is 16.4. The Balaban J connectivity index is 2.18. The van der Waals surface area contributed by atoms with Gasteiger partial charge in [-0.05, 0) is 31.2 Å². The maximum Gasteiger partial charge on any atom is 0.0844 e. The minimum atomic E-state index is 0.0818. The summed E-state index contributed by atoms with van der Waals surface area (Å²) in [5, 5.41) is 5.21. The summed E-state index contributed by atoms with van der Waals surface area (Å²) < 4.78 is 1.80. The molecule has 4 rings (SSSR count). The van der Waals surface area contributed by atoms with Crippen molar-refractivity contribution in [3.8, 4) is 11.3 Å². The number of benzene rings is 1. The van der Waals surface area contributed by atoms with Gasteiger partial charge < -0.3 is 11.7 Å². The zero-order valence-electron chi connectivity index (χ0n) is 13.7. The van der Waals surface area contributed by atoms with Gasteiger partial charge in [-0.1, -0.05) is 32.0 Å². The molecule has 2 aliphatic heterocycles. The Morgan fingerprint density at radius 2 is 1.91 bits per heavy atom. The number of hydrogen-bond acceptors (Lipinski definition) is 4. The molecule has 5 heteroatoms. The summed E-state index contributed by atoms with van der Waals surface area (Å²) in [6.45, 7) is 6.49. The van der Waals surface area contributed by atoms with Crippen LogP contribution in [0.5, 0.6) is 0 Å². The van der Waals surface area contributed by atoms with Crippen LogP contribution in [0.2, 0.25) is 0 Å². The molecule has 0 unspecified atom stereocenters. The highest BCUT2D eigenvalue weighted by molar-refractivity contribution is 6.12. The number of para-hydroxylation sites is 1. The molecule has 118 valence electrons. The number of rotatable bonds is 0. The summed E-state index contributed by atoms with van der Waals surface area (Å²) in [6.07, 6.45) is 1.72. The molecule has 1 aromatic rings. The molecule has 5 nitrogen and oxygen atoms in total. The van der Waals surface area contributed by atoms with Crippen molar-refractivity contribution in [3.63, 3.8) is 0 Å². The molecule has 4 N–H and O–H groups in total. The minimum Gasteiger partial charge on any atom is -0.339 e. The second-order valence-electron chi connectivity index (χ2n) is 7.22. The first-order valence-electron chi connectivity index (χ1n) is 7.88. The van der Waals surface area contributed by atoms with Gasteiger partial charge in [-0.25, -0.2) is 4.98 Å². The monoisotopic (exact) mass is 307 g/mol. The molecule has 0 saturated carbocycles. The van der Waals surface area contributed by atoms with Gasteiger partial charge in [0.15, 0.2) is 0 Å². The summed E-state index contributed by atoms with van der Waals surface area (Å²) in [5.41, 5.74) is 7.15. The fraction of sp³-hybridized carbons (Fsp3) is 0.333. The third-order valence-electron chi connectivity index (χ3n) is 4.92. The highest BCUT2D eigenvalue weighted by atomic mass is 15.3. The van der Waals surface area contributed by atoms with E-state index in [9.17, 15) is 0 Å². The van der Waals surface area contributed by atoms with Crippen LogP contribution in [0.25, 0.3) is 22.2 Å². The Labute approximate surface area is 135 Å². The summed E-state index contributed by atoms with van der Waals surface area (Å²) >= 11 is 0. The van der Waals surface area contributed by atoms with E-state index in [0.29, 0.717) is 0 Å². The third kappa shape index (κ3) is 1.86. The topological polar surface area (TPSA) is 82.2 Å². The Bertz CT molecular complexity index is 932. The predicted octanol–water partition coefficient (Wildman–Crippen LogP) is 2.80. The molecule has 0 amide bonds. The van der Waals surface area contributed by atoms with Gasteiger partial charge >= 0.3 is 0 Å². The van der Waals surface area contributed by atoms with Gasteiger partial charge in [0, 0.05) is 22.2 Å². The molecule has 23 heavy (non-hydrogen) atoms. The van der Waals surface area contributed by atoms with Gasteiger partial charge in [0.25, 0.3) is 0 Å². The third-order valence-corrected chi connectivity index (χ3v) is 4.92. The lowest BCUT2D eigenvalue weighted by atomic mass is 9.74. The summed E-state index contributed by atoms with van der Waals surface area (Å²) in [6, 6.07) is 8.17. The van der Waals surface area contributed by atoms with Crippen molar-refractivity contribution in [1.82, 2.24) is 9.66 Å². The van der Waals surface area contributed by atoms with Gasteiger partial charge in [-0.3, -0.25) is 4.68 Å². The number of aromatic nitrogens is 2. The van der Waals surface area contributed by atoms with Crippen LogP contribution >= 0.6 is 0 Å². The van der Waals surface area contributed by atoms with E-state index in [0.717, 1.165) is 57.7 Å². The highest BCUT2D eigenvalue weighted by Gasteiger charge is 2.36. The van der Waals surface area contributed by atoms with E-state index in [2.05, 4.69) is 31.9 Å². The minimum absolute atomic E-state index is 0.0818. The number of hydrazone groups is 1. The molecule has 1 aliphatic carbocycles. The highest BCUT2D eigenvalue weighted by Crippen LogP contribution is 2.43. The number of hydrogen-bond donors (Lipinski definition) is 2. The second-order valence-corrected chi connectivity index (χ2v) is 7.22. The number of fused-ring (bicyclic) bond motifs is 5. The van der Waals surface area contributed by atoms with Crippen LogP contribution in [0.1, 0.15) is 37.2 Å². The Hall–Kier alpha value is -2.56.